The minimum atomic E-state index is -0.0188. The van der Waals surface area contributed by atoms with Gasteiger partial charge in [-0.05, 0) is 41.0 Å². The molecule has 0 aromatic carbocycles. The third-order valence-electron chi connectivity index (χ3n) is 2.82. The molecule has 8 heteroatoms. The zero-order chi connectivity index (χ0) is 13.2. The summed E-state index contributed by atoms with van der Waals surface area (Å²) in [5, 5.41) is 20.0. The molecule has 0 amide bonds. The van der Waals surface area contributed by atoms with Crippen molar-refractivity contribution in [2.75, 3.05) is 0 Å². The Hall–Kier alpha value is -1.96. The van der Waals surface area contributed by atoms with E-state index in [1.54, 1.807) is 18.0 Å². The van der Waals surface area contributed by atoms with Crippen LogP contribution in [-0.2, 0) is 5.75 Å². The first-order chi connectivity index (χ1) is 9.24. The van der Waals surface area contributed by atoms with Gasteiger partial charge in [-0.1, -0.05) is 11.8 Å². The van der Waals surface area contributed by atoms with E-state index in [-0.39, 0.29) is 5.84 Å². The molecule has 0 spiro atoms. The Morgan fingerprint density at radius 3 is 3.11 bits per heavy atom. The number of hydrogen-bond donors (Lipinski definition) is 2. The average Bonchev–Trinajstić information content (AvgIpc) is 3.16. The quantitative estimate of drug-likeness (QED) is 0.478. The molecule has 19 heavy (non-hydrogen) atoms. The summed E-state index contributed by atoms with van der Waals surface area (Å²) in [7, 11) is 0. The number of amidine groups is 1. The molecule has 2 heterocycles. The molecule has 0 saturated heterocycles. The Morgan fingerprint density at radius 1 is 1.53 bits per heavy atom. The van der Waals surface area contributed by atoms with Crippen molar-refractivity contribution in [3.05, 3.63) is 29.6 Å². The Labute approximate surface area is 114 Å². The summed E-state index contributed by atoms with van der Waals surface area (Å²) in [6.07, 6.45) is 3.97. The Balaban J connectivity index is 1.70. The van der Waals surface area contributed by atoms with Crippen LogP contribution in [0.25, 0.3) is 0 Å². The lowest BCUT2D eigenvalue weighted by atomic mass is 10.2. The molecule has 0 aliphatic heterocycles. The summed E-state index contributed by atoms with van der Waals surface area (Å²) in [6, 6.07) is 4.20. The Bertz CT molecular complexity index is 605. The fourth-order valence-corrected chi connectivity index (χ4v) is 2.58. The summed E-state index contributed by atoms with van der Waals surface area (Å²) in [6.45, 7) is 0. The monoisotopic (exact) mass is 275 g/mol. The van der Waals surface area contributed by atoms with E-state index in [0.29, 0.717) is 11.7 Å². The van der Waals surface area contributed by atoms with E-state index in [1.807, 2.05) is 16.8 Å². The van der Waals surface area contributed by atoms with Gasteiger partial charge in [0.1, 0.15) is 11.5 Å². The summed E-state index contributed by atoms with van der Waals surface area (Å²) in [5.41, 5.74) is 6.97. The molecule has 1 saturated carbocycles. The van der Waals surface area contributed by atoms with Crippen LogP contribution in [0.1, 0.15) is 30.1 Å². The number of nitrogen functional groups attached to an aromatic ring is 1. The topological polar surface area (TPSA) is 106 Å². The normalized spacial score (nSPS) is 14.5. The van der Waals surface area contributed by atoms with Crippen LogP contribution in [-0.4, -0.2) is 31.0 Å². The highest BCUT2D eigenvalue weighted by molar-refractivity contribution is 7.98. The molecule has 7 nitrogen and oxygen atoms in total. The summed E-state index contributed by atoms with van der Waals surface area (Å²) in [4.78, 5) is 4.04. The first-order valence-electron chi connectivity index (χ1n) is 5.94. The van der Waals surface area contributed by atoms with Crippen molar-refractivity contribution in [1.29, 1.82) is 5.41 Å². The molecule has 3 N–H and O–H groups in total. The molecule has 98 valence electrons. The van der Waals surface area contributed by atoms with Crippen LogP contribution in [0.5, 0.6) is 0 Å². The smallest absolute Gasteiger partial charge is 0.209 e. The van der Waals surface area contributed by atoms with E-state index < -0.39 is 0 Å². The number of nitrogens with zero attached hydrogens (tertiary/aromatic N) is 5. The zero-order valence-corrected chi connectivity index (χ0v) is 11.0. The predicted octanol–water partition coefficient (Wildman–Crippen LogP) is 0.979. The van der Waals surface area contributed by atoms with Gasteiger partial charge in [0.2, 0.25) is 5.16 Å². The van der Waals surface area contributed by atoms with E-state index in [2.05, 4.69) is 20.5 Å². The van der Waals surface area contributed by atoms with E-state index in [4.69, 9.17) is 11.1 Å². The maximum Gasteiger partial charge on any atom is 0.209 e. The number of tetrazole rings is 1. The van der Waals surface area contributed by atoms with E-state index in [1.165, 1.54) is 0 Å². The maximum absolute atomic E-state index is 7.37. The second-order valence-corrected chi connectivity index (χ2v) is 5.33. The van der Waals surface area contributed by atoms with Crippen LogP contribution in [0.15, 0.2) is 23.5 Å². The number of thioether (sulfide) groups is 1. The SMILES string of the molecule is N=C(N)c1cc(CSc2nnnn2C2CC2)ccn1. The molecule has 0 radical (unpaired) electrons. The fraction of sp³-hybridized carbons (Fsp3) is 0.364. The number of nitrogens with one attached hydrogen (secondary N) is 1. The van der Waals surface area contributed by atoms with E-state index >= 15 is 0 Å². The van der Waals surface area contributed by atoms with Gasteiger partial charge < -0.3 is 5.73 Å². The number of hydrogen-bond acceptors (Lipinski definition) is 6. The molecule has 2 aromatic rings. The maximum atomic E-state index is 7.37. The highest BCUT2D eigenvalue weighted by Gasteiger charge is 2.27. The molecule has 1 aliphatic carbocycles. The molecule has 0 unspecified atom stereocenters. The van der Waals surface area contributed by atoms with Crippen molar-refractivity contribution < 1.29 is 0 Å². The molecular weight excluding hydrogens is 262 g/mol. The number of nitrogens with two attached hydrogens (primary N) is 1. The van der Waals surface area contributed by atoms with Gasteiger partial charge in [0, 0.05) is 11.9 Å². The third-order valence-corrected chi connectivity index (χ3v) is 3.83. The first kappa shape index (κ1) is 12.1. The van der Waals surface area contributed by atoms with Crippen LogP contribution in [0, 0.1) is 5.41 Å². The summed E-state index contributed by atoms with van der Waals surface area (Å²) >= 11 is 1.58. The van der Waals surface area contributed by atoms with Crippen LogP contribution >= 0.6 is 11.8 Å². The molecule has 1 fully saturated rings. The Morgan fingerprint density at radius 2 is 2.37 bits per heavy atom. The Kier molecular flexibility index (Phi) is 3.16. The van der Waals surface area contributed by atoms with Crippen molar-refractivity contribution in [2.24, 2.45) is 5.73 Å². The van der Waals surface area contributed by atoms with Gasteiger partial charge in [-0.2, -0.15) is 0 Å². The average molecular weight is 275 g/mol. The van der Waals surface area contributed by atoms with Gasteiger partial charge in [-0.15, -0.1) is 5.10 Å². The standard InChI is InChI=1S/C11H13N7S/c12-10(13)9-5-7(3-4-14-9)6-19-11-15-16-17-18(11)8-1-2-8/h3-5,8H,1-2,6H2,(H3,12,13). The molecule has 3 rings (SSSR count). The van der Waals surface area contributed by atoms with Crippen molar-refractivity contribution >= 4 is 17.6 Å². The van der Waals surface area contributed by atoms with E-state index in [9.17, 15) is 0 Å². The first-order valence-corrected chi connectivity index (χ1v) is 6.92. The minimum absolute atomic E-state index is 0.0188. The van der Waals surface area contributed by atoms with Gasteiger partial charge in [-0.3, -0.25) is 10.4 Å². The number of aromatic nitrogens is 5. The van der Waals surface area contributed by atoms with Gasteiger partial charge in [0.05, 0.1) is 6.04 Å². The minimum Gasteiger partial charge on any atom is -0.382 e. The second kappa shape index (κ2) is 4.96. The third kappa shape index (κ3) is 2.73. The van der Waals surface area contributed by atoms with Crippen molar-refractivity contribution in [2.45, 2.75) is 29.8 Å². The zero-order valence-electron chi connectivity index (χ0n) is 10.2. The summed E-state index contributed by atoms with van der Waals surface area (Å²) < 4.78 is 1.89. The molecular formula is C11H13N7S. The van der Waals surface area contributed by atoms with Crippen molar-refractivity contribution in [1.82, 2.24) is 25.2 Å². The van der Waals surface area contributed by atoms with Crippen LogP contribution in [0.2, 0.25) is 0 Å². The van der Waals surface area contributed by atoms with Gasteiger partial charge in [0.15, 0.2) is 0 Å². The summed E-state index contributed by atoms with van der Waals surface area (Å²) in [5.74, 6) is 0.713. The van der Waals surface area contributed by atoms with Gasteiger partial charge >= 0.3 is 0 Å². The van der Waals surface area contributed by atoms with Crippen molar-refractivity contribution in [3.63, 3.8) is 0 Å². The van der Waals surface area contributed by atoms with E-state index in [0.717, 1.165) is 29.3 Å². The molecule has 2 aromatic heterocycles. The lowest BCUT2D eigenvalue weighted by Crippen LogP contribution is -2.13. The lowest BCUT2D eigenvalue weighted by Gasteiger charge is -2.04. The highest BCUT2D eigenvalue weighted by atomic mass is 32.2. The van der Waals surface area contributed by atoms with Crippen LogP contribution < -0.4 is 5.73 Å². The second-order valence-electron chi connectivity index (χ2n) is 4.39. The van der Waals surface area contributed by atoms with Crippen LogP contribution in [0.4, 0.5) is 0 Å². The van der Waals surface area contributed by atoms with Crippen LogP contribution in [0.3, 0.4) is 0 Å². The lowest BCUT2D eigenvalue weighted by molar-refractivity contribution is 0.565. The highest BCUT2D eigenvalue weighted by Crippen LogP contribution is 2.36. The number of rotatable bonds is 5. The van der Waals surface area contributed by atoms with Gasteiger partial charge in [0.25, 0.3) is 0 Å². The number of pyridine rings is 1. The molecule has 1 aliphatic rings. The largest absolute Gasteiger partial charge is 0.382 e. The molecule has 0 atom stereocenters. The van der Waals surface area contributed by atoms with Crippen molar-refractivity contribution in [3.8, 4) is 0 Å². The van der Waals surface area contributed by atoms with Gasteiger partial charge in [-0.25, -0.2) is 4.68 Å². The predicted molar refractivity (Wildman–Crippen MR) is 70.9 cm³/mol. The fourth-order valence-electron chi connectivity index (χ4n) is 1.69. The molecule has 0 bridgehead atoms.